The summed E-state index contributed by atoms with van der Waals surface area (Å²) in [6, 6.07) is 12.4. The molecule has 0 aliphatic heterocycles. The molecule has 0 aliphatic carbocycles. The number of hydrogen-bond donors (Lipinski definition) is 2. The Morgan fingerprint density at radius 1 is 1.18 bits per heavy atom. The minimum absolute atomic E-state index is 0.171. The number of hydrogen-bond acceptors (Lipinski definition) is 6. The van der Waals surface area contributed by atoms with Gasteiger partial charge in [-0.1, -0.05) is 24.3 Å². The summed E-state index contributed by atoms with van der Waals surface area (Å²) in [4.78, 5) is 29.4. The molecule has 9 heteroatoms. The molecule has 0 saturated heterocycles. The van der Waals surface area contributed by atoms with Crippen molar-refractivity contribution in [2.75, 3.05) is 5.32 Å². The average molecular weight is 376 g/mol. The molecule has 2 heterocycles. The topological polar surface area (TPSA) is 119 Å². The lowest BCUT2D eigenvalue weighted by Crippen LogP contribution is -2.10. The smallest absolute Gasteiger partial charge is 0.293 e. The summed E-state index contributed by atoms with van der Waals surface area (Å²) in [7, 11) is 0. The highest BCUT2D eigenvalue weighted by atomic mass is 16.6. The number of anilines is 1. The summed E-state index contributed by atoms with van der Waals surface area (Å²) in [5, 5.41) is 19.0. The Balaban J connectivity index is 1.65. The Morgan fingerprint density at radius 3 is 2.75 bits per heavy atom. The van der Waals surface area contributed by atoms with Crippen LogP contribution in [-0.2, 0) is 13.1 Å². The summed E-state index contributed by atoms with van der Waals surface area (Å²) in [6.45, 7) is 0.981. The largest absolute Gasteiger partial charge is 0.375 e. The lowest BCUT2D eigenvalue weighted by molar-refractivity contribution is -0.383. The van der Waals surface area contributed by atoms with Gasteiger partial charge in [-0.05, 0) is 23.3 Å². The molecular formula is C19H16N6O3. The molecule has 2 aromatic heterocycles. The molecule has 0 spiro atoms. The van der Waals surface area contributed by atoms with Crippen molar-refractivity contribution in [2.24, 2.45) is 0 Å². The van der Waals surface area contributed by atoms with Crippen LogP contribution in [0, 0.1) is 10.1 Å². The van der Waals surface area contributed by atoms with Crippen LogP contribution in [-0.4, -0.2) is 24.7 Å². The summed E-state index contributed by atoms with van der Waals surface area (Å²) < 4.78 is 1.81. The third-order valence-electron chi connectivity index (χ3n) is 4.43. The Labute approximate surface area is 158 Å². The number of benzene rings is 2. The second-order valence-corrected chi connectivity index (χ2v) is 6.20. The van der Waals surface area contributed by atoms with Gasteiger partial charge < -0.3 is 10.3 Å². The number of nitro benzene ring substituents is 1. The first-order chi connectivity index (χ1) is 13.6. The second kappa shape index (κ2) is 7.31. The van der Waals surface area contributed by atoms with Crippen molar-refractivity contribution < 1.29 is 4.92 Å². The molecule has 9 nitrogen and oxygen atoms in total. The third kappa shape index (κ3) is 3.45. The van der Waals surface area contributed by atoms with Crippen molar-refractivity contribution in [1.82, 2.24) is 19.7 Å². The van der Waals surface area contributed by atoms with Gasteiger partial charge in [-0.2, -0.15) is 5.10 Å². The van der Waals surface area contributed by atoms with Crippen LogP contribution >= 0.6 is 0 Å². The molecule has 0 atom stereocenters. The van der Waals surface area contributed by atoms with Gasteiger partial charge in [0.15, 0.2) is 0 Å². The summed E-state index contributed by atoms with van der Waals surface area (Å²) in [5.74, 6) is 0. The lowest BCUT2D eigenvalue weighted by atomic mass is 10.1. The maximum atomic E-state index is 11.9. The molecule has 0 amide bonds. The van der Waals surface area contributed by atoms with Crippen molar-refractivity contribution in [3.05, 3.63) is 92.8 Å². The first kappa shape index (κ1) is 17.4. The van der Waals surface area contributed by atoms with E-state index in [0.29, 0.717) is 24.3 Å². The Bertz CT molecular complexity index is 1200. The molecule has 0 radical (unpaired) electrons. The normalized spacial score (nSPS) is 10.9. The number of aromatic amines is 1. The van der Waals surface area contributed by atoms with Crippen molar-refractivity contribution in [3.8, 4) is 0 Å². The van der Waals surface area contributed by atoms with Crippen LogP contribution in [0.2, 0.25) is 0 Å². The second-order valence-electron chi connectivity index (χ2n) is 6.20. The van der Waals surface area contributed by atoms with Gasteiger partial charge in [0.05, 0.1) is 28.7 Å². The van der Waals surface area contributed by atoms with Crippen LogP contribution in [0.4, 0.5) is 11.4 Å². The van der Waals surface area contributed by atoms with Gasteiger partial charge in [0.1, 0.15) is 5.69 Å². The van der Waals surface area contributed by atoms with Gasteiger partial charge in [0.25, 0.3) is 11.2 Å². The third-order valence-corrected chi connectivity index (χ3v) is 4.43. The average Bonchev–Trinajstić information content (AvgIpc) is 3.20. The fourth-order valence-corrected chi connectivity index (χ4v) is 3.04. The van der Waals surface area contributed by atoms with E-state index >= 15 is 0 Å². The summed E-state index contributed by atoms with van der Waals surface area (Å²) >= 11 is 0. The maximum absolute atomic E-state index is 11.9. The molecule has 4 aromatic rings. The number of rotatable bonds is 6. The van der Waals surface area contributed by atoms with E-state index in [-0.39, 0.29) is 11.1 Å². The molecule has 0 aliphatic rings. The fraction of sp³-hybridized carbons (Fsp3) is 0.105. The van der Waals surface area contributed by atoms with Crippen molar-refractivity contribution in [3.63, 3.8) is 0 Å². The number of H-pyrrole nitrogens is 1. The highest BCUT2D eigenvalue weighted by Crippen LogP contribution is 2.28. The van der Waals surface area contributed by atoms with Crippen LogP contribution in [0.25, 0.3) is 10.9 Å². The summed E-state index contributed by atoms with van der Waals surface area (Å²) in [6.07, 6.45) is 4.87. The number of nitrogens with zero attached hydrogens (tertiary/aromatic N) is 4. The van der Waals surface area contributed by atoms with E-state index in [9.17, 15) is 14.9 Å². The molecule has 0 saturated carbocycles. The highest BCUT2D eigenvalue weighted by Gasteiger charge is 2.17. The zero-order chi connectivity index (χ0) is 19.5. The number of fused-ring (bicyclic) bond motifs is 1. The van der Waals surface area contributed by atoms with Crippen molar-refractivity contribution in [1.29, 1.82) is 0 Å². The Kier molecular flexibility index (Phi) is 4.55. The fourth-order valence-electron chi connectivity index (χ4n) is 3.04. The predicted molar refractivity (Wildman–Crippen MR) is 104 cm³/mol. The van der Waals surface area contributed by atoms with E-state index in [2.05, 4.69) is 20.4 Å². The Morgan fingerprint density at radius 2 is 2.00 bits per heavy atom. The van der Waals surface area contributed by atoms with E-state index in [1.54, 1.807) is 6.20 Å². The van der Waals surface area contributed by atoms with E-state index in [1.807, 2.05) is 41.2 Å². The van der Waals surface area contributed by atoms with E-state index in [4.69, 9.17) is 0 Å². The number of aromatic nitrogens is 4. The SMILES string of the molecule is O=c1[nH]cnc2cc(NCc3ccccc3Cn3cccn3)c([N+](=O)[O-])cc12. The van der Waals surface area contributed by atoms with Crippen LogP contribution in [0.15, 0.2) is 66.0 Å². The maximum Gasteiger partial charge on any atom is 0.293 e. The minimum Gasteiger partial charge on any atom is -0.375 e. The van der Waals surface area contributed by atoms with E-state index in [1.165, 1.54) is 18.5 Å². The molecule has 28 heavy (non-hydrogen) atoms. The standard InChI is InChI=1S/C19H16N6O3/c26-19-15-8-18(25(27)28)17(9-16(15)21-12-22-19)20-10-13-4-1-2-5-14(13)11-24-7-3-6-23-24/h1-9,12,20H,10-11H2,(H,21,22,26). The zero-order valence-corrected chi connectivity index (χ0v) is 14.7. The predicted octanol–water partition coefficient (Wildman–Crippen LogP) is 2.69. The first-order valence-electron chi connectivity index (χ1n) is 8.56. The lowest BCUT2D eigenvalue weighted by Gasteiger charge is -2.12. The minimum atomic E-state index is -0.510. The summed E-state index contributed by atoms with van der Waals surface area (Å²) in [5.41, 5.74) is 2.16. The molecule has 2 aromatic carbocycles. The van der Waals surface area contributed by atoms with Crippen molar-refractivity contribution >= 4 is 22.3 Å². The monoisotopic (exact) mass is 376 g/mol. The van der Waals surface area contributed by atoms with Crippen molar-refractivity contribution in [2.45, 2.75) is 13.1 Å². The van der Waals surface area contributed by atoms with Gasteiger partial charge in [-0.3, -0.25) is 19.6 Å². The van der Waals surface area contributed by atoms with Gasteiger partial charge in [0.2, 0.25) is 0 Å². The highest BCUT2D eigenvalue weighted by molar-refractivity contribution is 5.86. The quantitative estimate of drug-likeness (QED) is 0.394. The first-order valence-corrected chi connectivity index (χ1v) is 8.56. The molecular weight excluding hydrogens is 360 g/mol. The number of nitro groups is 1. The molecule has 0 unspecified atom stereocenters. The van der Waals surface area contributed by atoms with Crippen LogP contribution in [0.3, 0.4) is 0 Å². The molecule has 4 rings (SSSR count). The Hall–Kier alpha value is -4.01. The van der Waals surface area contributed by atoms with Gasteiger partial charge in [0, 0.05) is 25.0 Å². The van der Waals surface area contributed by atoms with E-state index in [0.717, 1.165) is 11.1 Å². The molecule has 0 fully saturated rings. The zero-order valence-electron chi connectivity index (χ0n) is 14.7. The van der Waals surface area contributed by atoms with Gasteiger partial charge in [-0.25, -0.2) is 4.98 Å². The van der Waals surface area contributed by atoms with Gasteiger partial charge >= 0.3 is 0 Å². The molecule has 2 N–H and O–H groups in total. The molecule has 0 bridgehead atoms. The number of nitrogens with one attached hydrogen (secondary N) is 2. The van der Waals surface area contributed by atoms with Gasteiger partial charge in [-0.15, -0.1) is 0 Å². The van der Waals surface area contributed by atoms with Crippen LogP contribution in [0.5, 0.6) is 0 Å². The van der Waals surface area contributed by atoms with Crippen LogP contribution in [0.1, 0.15) is 11.1 Å². The van der Waals surface area contributed by atoms with E-state index < -0.39 is 10.5 Å². The molecule has 140 valence electrons. The van der Waals surface area contributed by atoms with Crippen LogP contribution < -0.4 is 10.9 Å².